The number of piperazine rings is 1. The van der Waals surface area contributed by atoms with Crippen molar-refractivity contribution in [1.82, 2.24) is 14.7 Å². The fourth-order valence-electron chi connectivity index (χ4n) is 5.43. The second-order valence-electron chi connectivity index (χ2n) is 11.6. The first-order valence-electron chi connectivity index (χ1n) is 15.5. The van der Waals surface area contributed by atoms with E-state index in [1.165, 1.54) is 25.3 Å². The highest BCUT2D eigenvalue weighted by molar-refractivity contribution is 7.91. The van der Waals surface area contributed by atoms with Crippen LogP contribution in [0.2, 0.25) is 0 Å². The summed E-state index contributed by atoms with van der Waals surface area (Å²) in [6, 6.07) is 10.8. The summed E-state index contributed by atoms with van der Waals surface area (Å²) >= 11 is 0. The molecule has 0 spiro atoms. The Labute approximate surface area is 282 Å². The van der Waals surface area contributed by atoms with Crippen molar-refractivity contribution >= 4 is 49.9 Å². The number of benzene rings is 3. The van der Waals surface area contributed by atoms with Crippen LogP contribution in [0.15, 0.2) is 64.4 Å². The van der Waals surface area contributed by atoms with E-state index in [4.69, 9.17) is 14.2 Å². The lowest BCUT2D eigenvalue weighted by Gasteiger charge is -2.34. The van der Waals surface area contributed by atoms with E-state index in [1.807, 2.05) is 19.1 Å². The van der Waals surface area contributed by atoms with Gasteiger partial charge in [-0.15, -0.1) is 5.10 Å². The highest BCUT2D eigenvalue weighted by atomic mass is 32.2. The van der Waals surface area contributed by atoms with Crippen LogP contribution in [0.5, 0.6) is 0 Å². The van der Waals surface area contributed by atoms with E-state index in [2.05, 4.69) is 32.6 Å². The first kappa shape index (κ1) is 35.7. The van der Waals surface area contributed by atoms with Gasteiger partial charge in [0.2, 0.25) is 9.84 Å². The van der Waals surface area contributed by atoms with Gasteiger partial charge in [-0.2, -0.15) is 4.68 Å². The molecule has 1 amide bonds. The number of nitrogens with zero attached hydrogens (tertiary/aromatic N) is 4. The summed E-state index contributed by atoms with van der Waals surface area (Å²) in [7, 11) is 0.641. The molecule has 49 heavy (non-hydrogen) atoms. The number of halogens is 2. The van der Waals surface area contributed by atoms with E-state index in [0.29, 0.717) is 30.5 Å². The van der Waals surface area contributed by atoms with Gasteiger partial charge in [0.05, 0.1) is 34.1 Å². The fraction of sp³-hybridized carbons (Fsp3) is 0.364. The molecule has 3 aromatic carbocycles. The standard InChI is InChI=1S/C33H38F2N6O7S/c1-21(20-47-4)36-29-18-24(40-11-9-39(2)10-12-40)5-7-27(29)32(42)37-31-28-19-25(49(44,45)26-16-22(34)15-23(35)17-26)6-8-30(28)41(38-31)33(43)48-14-13-46-3/h5-8,15-19,21,36H,9-14,20H2,1-4H3,(H,37,38,42). The molecule has 4 aromatic rings. The van der Waals surface area contributed by atoms with E-state index in [0.717, 1.165) is 36.5 Å². The maximum atomic E-state index is 14.0. The average Bonchev–Trinajstić information content (AvgIpc) is 3.42. The summed E-state index contributed by atoms with van der Waals surface area (Å²) in [6.45, 7) is 5.70. The molecule has 0 radical (unpaired) electrons. The summed E-state index contributed by atoms with van der Waals surface area (Å²) in [6.07, 6.45) is -0.905. The van der Waals surface area contributed by atoms with Gasteiger partial charge < -0.3 is 34.6 Å². The quantitative estimate of drug-likeness (QED) is 0.205. The molecular weight excluding hydrogens is 662 g/mol. The Hall–Kier alpha value is -4.64. The zero-order valence-corrected chi connectivity index (χ0v) is 28.4. The first-order chi connectivity index (χ1) is 23.4. The van der Waals surface area contributed by atoms with Crippen molar-refractivity contribution in [1.29, 1.82) is 0 Å². The Balaban J connectivity index is 1.55. The van der Waals surface area contributed by atoms with Crippen molar-refractivity contribution in [2.75, 3.05) is 82.8 Å². The Morgan fingerprint density at radius 2 is 1.63 bits per heavy atom. The third-order valence-corrected chi connectivity index (χ3v) is 9.69. The number of hydrogen-bond acceptors (Lipinski definition) is 11. The Kier molecular flexibility index (Phi) is 11.1. The van der Waals surface area contributed by atoms with Gasteiger partial charge in [0.25, 0.3) is 5.91 Å². The number of carbonyl (C=O) groups is 2. The number of ether oxygens (including phenoxy) is 3. The van der Waals surface area contributed by atoms with E-state index in [1.54, 1.807) is 13.2 Å². The van der Waals surface area contributed by atoms with Gasteiger partial charge in [-0.05, 0) is 62.5 Å². The molecule has 0 aliphatic carbocycles. The van der Waals surface area contributed by atoms with E-state index in [-0.39, 0.29) is 46.4 Å². The molecule has 1 atom stereocenters. The van der Waals surface area contributed by atoms with Gasteiger partial charge in [-0.1, -0.05) is 0 Å². The number of anilines is 3. The zero-order chi connectivity index (χ0) is 35.3. The molecule has 13 nitrogen and oxygen atoms in total. The summed E-state index contributed by atoms with van der Waals surface area (Å²) in [5, 5.41) is 10.4. The molecule has 1 fully saturated rings. The summed E-state index contributed by atoms with van der Waals surface area (Å²) < 4.78 is 71.2. The van der Waals surface area contributed by atoms with Crippen molar-refractivity contribution in [2.24, 2.45) is 0 Å². The third kappa shape index (κ3) is 8.16. The van der Waals surface area contributed by atoms with Crippen molar-refractivity contribution in [2.45, 2.75) is 22.8 Å². The second-order valence-corrected chi connectivity index (χ2v) is 13.6. The van der Waals surface area contributed by atoms with Crippen LogP contribution in [0.25, 0.3) is 10.9 Å². The normalized spacial score (nSPS) is 14.5. The Morgan fingerprint density at radius 1 is 0.918 bits per heavy atom. The number of carbonyl (C=O) groups excluding carboxylic acids is 2. The highest BCUT2D eigenvalue weighted by Crippen LogP contribution is 2.32. The molecule has 1 aliphatic heterocycles. The van der Waals surface area contributed by atoms with Crippen LogP contribution >= 0.6 is 0 Å². The summed E-state index contributed by atoms with van der Waals surface area (Å²) in [5.41, 5.74) is 1.82. The monoisotopic (exact) mass is 700 g/mol. The number of likely N-dealkylation sites (N-methyl/N-ethyl adjacent to an activating group) is 1. The van der Waals surface area contributed by atoms with E-state index >= 15 is 0 Å². The molecule has 1 saturated heterocycles. The maximum absolute atomic E-state index is 14.0. The molecule has 5 rings (SSSR count). The molecule has 0 saturated carbocycles. The van der Waals surface area contributed by atoms with Crippen LogP contribution < -0.4 is 15.5 Å². The molecule has 0 bridgehead atoms. The van der Waals surface area contributed by atoms with Crippen LogP contribution in [-0.2, 0) is 24.0 Å². The zero-order valence-electron chi connectivity index (χ0n) is 27.5. The lowest BCUT2D eigenvalue weighted by molar-refractivity contribution is 0.0980. The van der Waals surface area contributed by atoms with Gasteiger partial charge in [-0.25, -0.2) is 22.0 Å². The van der Waals surface area contributed by atoms with Crippen LogP contribution in [0.4, 0.5) is 30.8 Å². The number of fused-ring (bicyclic) bond motifs is 1. The predicted octanol–water partition coefficient (Wildman–Crippen LogP) is 4.23. The number of sulfone groups is 1. The number of methoxy groups -OCH3 is 2. The Morgan fingerprint density at radius 3 is 2.31 bits per heavy atom. The lowest BCUT2D eigenvalue weighted by Crippen LogP contribution is -2.44. The Bertz CT molecular complexity index is 1930. The minimum atomic E-state index is -4.44. The molecule has 1 unspecified atom stereocenters. The van der Waals surface area contributed by atoms with Crippen molar-refractivity contribution in [3.8, 4) is 0 Å². The highest BCUT2D eigenvalue weighted by Gasteiger charge is 2.26. The van der Waals surface area contributed by atoms with Gasteiger partial charge >= 0.3 is 6.09 Å². The minimum absolute atomic E-state index is 0.0614. The van der Waals surface area contributed by atoms with Crippen molar-refractivity contribution in [3.63, 3.8) is 0 Å². The molecule has 1 aliphatic rings. The molecule has 2 heterocycles. The van der Waals surface area contributed by atoms with Crippen LogP contribution in [0.1, 0.15) is 17.3 Å². The van der Waals surface area contributed by atoms with E-state index in [9.17, 15) is 26.8 Å². The van der Waals surface area contributed by atoms with Crippen LogP contribution in [-0.4, -0.2) is 108 Å². The molecule has 2 N–H and O–H groups in total. The smallest absolute Gasteiger partial charge is 0.435 e. The third-order valence-electron chi connectivity index (χ3n) is 7.96. The van der Waals surface area contributed by atoms with Crippen LogP contribution in [0, 0.1) is 11.6 Å². The lowest BCUT2D eigenvalue weighted by atomic mass is 10.1. The van der Waals surface area contributed by atoms with Crippen LogP contribution in [0.3, 0.4) is 0 Å². The fourth-order valence-corrected chi connectivity index (χ4v) is 6.76. The average molecular weight is 701 g/mol. The SMILES string of the molecule is COCCOC(=O)n1nc(NC(=O)c2ccc(N3CCN(C)CC3)cc2NC(C)COC)c2cc(S(=O)(=O)c3cc(F)cc(F)c3)ccc21. The number of rotatable bonds is 12. The molecule has 16 heteroatoms. The number of nitrogens with one attached hydrogen (secondary N) is 2. The van der Waals surface area contributed by atoms with E-state index < -0.39 is 38.4 Å². The largest absolute Gasteiger partial charge is 0.445 e. The summed E-state index contributed by atoms with van der Waals surface area (Å²) in [5.74, 6) is -2.88. The van der Waals surface area contributed by atoms with Crippen molar-refractivity contribution < 1.29 is 41.0 Å². The molecule has 1 aromatic heterocycles. The van der Waals surface area contributed by atoms with Gasteiger partial charge in [-0.3, -0.25) is 4.79 Å². The van der Waals surface area contributed by atoms with Gasteiger partial charge in [0.15, 0.2) is 5.82 Å². The summed E-state index contributed by atoms with van der Waals surface area (Å²) in [4.78, 5) is 30.4. The first-order valence-corrected chi connectivity index (χ1v) is 16.9. The molecule has 262 valence electrons. The maximum Gasteiger partial charge on any atom is 0.435 e. The molecular formula is C33H38F2N6O7S. The van der Waals surface area contributed by atoms with Gasteiger partial charge in [0.1, 0.15) is 18.2 Å². The second kappa shape index (κ2) is 15.3. The van der Waals surface area contributed by atoms with Gasteiger partial charge in [0, 0.05) is 69.3 Å². The van der Waals surface area contributed by atoms with Crippen molar-refractivity contribution in [3.05, 3.63) is 71.8 Å². The topological polar surface area (TPSA) is 144 Å². The minimum Gasteiger partial charge on any atom is -0.445 e. The predicted molar refractivity (Wildman–Crippen MR) is 179 cm³/mol. The number of amides is 1. The number of aromatic nitrogens is 2. The number of hydrogen-bond donors (Lipinski definition) is 2.